The van der Waals surface area contributed by atoms with Crippen molar-refractivity contribution < 1.29 is 9.53 Å². The number of ether oxygens (including phenoxy) is 1. The van der Waals surface area contributed by atoms with Gasteiger partial charge in [0.1, 0.15) is 11.9 Å². The summed E-state index contributed by atoms with van der Waals surface area (Å²) in [5.74, 6) is 1.40. The first kappa shape index (κ1) is 14.5. The summed E-state index contributed by atoms with van der Waals surface area (Å²) in [4.78, 5) is 12.6. The fourth-order valence-corrected chi connectivity index (χ4v) is 4.04. The average molecular weight is 306 g/mol. The van der Waals surface area contributed by atoms with Gasteiger partial charge >= 0.3 is 0 Å². The molecule has 1 heterocycles. The van der Waals surface area contributed by atoms with Gasteiger partial charge in [-0.15, -0.1) is 0 Å². The third-order valence-corrected chi connectivity index (χ3v) is 5.08. The Hall–Kier alpha value is -2.09. The quantitative estimate of drug-likeness (QED) is 0.752. The molecule has 0 unspecified atom stereocenters. The summed E-state index contributed by atoms with van der Waals surface area (Å²) >= 11 is 0. The first-order valence-electron chi connectivity index (χ1n) is 8.40. The highest BCUT2D eigenvalue weighted by Crippen LogP contribution is 2.46. The van der Waals surface area contributed by atoms with Gasteiger partial charge in [-0.3, -0.25) is 4.79 Å². The number of hydrogen-bond acceptors (Lipinski definition) is 2. The summed E-state index contributed by atoms with van der Waals surface area (Å²) in [6.45, 7) is 4.31. The largest absolute Gasteiger partial charge is 0.490 e. The van der Waals surface area contributed by atoms with Crippen LogP contribution in [0.1, 0.15) is 38.7 Å². The maximum Gasteiger partial charge on any atom is 0.163 e. The van der Waals surface area contributed by atoms with Crippen molar-refractivity contribution in [3.8, 4) is 0 Å². The number of allylic oxidation sites excluding steroid dienone is 5. The minimum Gasteiger partial charge on any atom is -0.490 e. The highest BCUT2D eigenvalue weighted by Gasteiger charge is 2.42. The fourth-order valence-electron chi connectivity index (χ4n) is 4.04. The summed E-state index contributed by atoms with van der Waals surface area (Å²) in [6, 6.07) is 10.4. The van der Waals surface area contributed by atoms with E-state index >= 15 is 0 Å². The fraction of sp³-hybridized carbons (Fsp3) is 0.381. The molecular weight excluding hydrogens is 284 g/mol. The zero-order valence-electron chi connectivity index (χ0n) is 13.7. The van der Waals surface area contributed by atoms with Crippen LogP contribution in [0.25, 0.3) is 5.57 Å². The van der Waals surface area contributed by atoms with E-state index in [0.29, 0.717) is 6.42 Å². The van der Waals surface area contributed by atoms with Crippen molar-refractivity contribution >= 4 is 11.4 Å². The van der Waals surface area contributed by atoms with Crippen molar-refractivity contribution in [2.24, 2.45) is 11.3 Å². The molecule has 0 fully saturated rings. The summed E-state index contributed by atoms with van der Waals surface area (Å²) < 4.78 is 6.36. The van der Waals surface area contributed by atoms with Gasteiger partial charge in [0.15, 0.2) is 5.78 Å². The number of hydrogen-bond donors (Lipinski definition) is 0. The van der Waals surface area contributed by atoms with E-state index in [9.17, 15) is 4.79 Å². The van der Waals surface area contributed by atoms with Crippen LogP contribution in [0.5, 0.6) is 0 Å². The molecule has 1 aromatic rings. The van der Waals surface area contributed by atoms with Crippen molar-refractivity contribution in [2.45, 2.75) is 39.2 Å². The predicted molar refractivity (Wildman–Crippen MR) is 91.6 cm³/mol. The van der Waals surface area contributed by atoms with Gasteiger partial charge in [-0.1, -0.05) is 62.4 Å². The number of ketones is 1. The van der Waals surface area contributed by atoms with Crippen LogP contribution in [0, 0.1) is 11.3 Å². The molecule has 0 radical (unpaired) electrons. The lowest BCUT2D eigenvalue weighted by molar-refractivity contribution is -0.120. The molecule has 4 rings (SSSR count). The molecule has 1 aliphatic heterocycles. The molecule has 23 heavy (non-hydrogen) atoms. The second kappa shape index (κ2) is 5.23. The van der Waals surface area contributed by atoms with E-state index in [1.807, 2.05) is 6.07 Å². The third-order valence-electron chi connectivity index (χ3n) is 5.08. The molecule has 2 bridgehead atoms. The van der Waals surface area contributed by atoms with Crippen LogP contribution in [0.15, 0.2) is 59.9 Å². The summed E-state index contributed by atoms with van der Waals surface area (Å²) in [5.41, 5.74) is 3.34. The minimum atomic E-state index is -0.00322. The van der Waals surface area contributed by atoms with E-state index in [1.54, 1.807) is 0 Å². The van der Waals surface area contributed by atoms with Crippen LogP contribution >= 0.6 is 0 Å². The van der Waals surface area contributed by atoms with E-state index < -0.39 is 0 Å². The Morgan fingerprint density at radius 3 is 2.70 bits per heavy atom. The van der Waals surface area contributed by atoms with Gasteiger partial charge in [-0.05, 0) is 23.0 Å². The zero-order chi connectivity index (χ0) is 16.0. The SMILES string of the molecule is CC1(C)CC(=O)C2=C(C1)O[C@@H]1C[C@H]2C=CC=C1c1ccccc1. The second-order valence-corrected chi connectivity index (χ2v) is 7.60. The van der Waals surface area contributed by atoms with Crippen LogP contribution < -0.4 is 0 Å². The highest BCUT2D eigenvalue weighted by molar-refractivity contribution is 5.98. The van der Waals surface area contributed by atoms with Crippen LogP contribution in [0.2, 0.25) is 0 Å². The number of benzene rings is 1. The average Bonchev–Trinajstić information content (AvgIpc) is 2.66. The van der Waals surface area contributed by atoms with Crippen LogP contribution in [0.4, 0.5) is 0 Å². The van der Waals surface area contributed by atoms with Gasteiger partial charge in [0.25, 0.3) is 0 Å². The minimum absolute atomic E-state index is 0.00322. The second-order valence-electron chi connectivity index (χ2n) is 7.60. The topological polar surface area (TPSA) is 26.3 Å². The standard InChI is InChI=1S/C21H22O2/c1-21(2)12-17(22)20-15-9-6-10-16(14-7-4-3-5-8-14)18(11-15)23-19(20)13-21/h3-10,15,18H,11-13H2,1-2H3/t15-,18-/m1/s1. The smallest absolute Gasteiger partial charge is 0.163 e. The molecule has 2 atom stereocenters. The van der Waals surface area contributed by atoms with E-state index in [0.717, 1.165) is 24.2 Å². The van der Waals surface area contributed by atoms with Crippen LogP contribution in [-0.4, -0.2) is 11.9 Å². The van der Waals surface area contributed by atoms with Crippen LogP contribution in [-0.2, 0) is 9.53 Å². The number of carbonyl (C=O) groups excluding carboxylic acids is 1. The first-order valence-corrected chi connectivity index (χ1v) is 8.40. The number of Topliss-reactive ketones (excluding diaryl/α,β-unsaturated/α-hetero) is 1. The van der Waals surface area contributed by atoms with Crippen molar-refractivity contribution in [1.29, 1.82) is 0 Å². The summed E-state index contributed by atoms with van der Waals surface area (Å²) in [7, 11) is 0. The van der Waals surface area contributed by atoms with Gasteiger partial charge < -0.3 is 4.74 Å². The predicted octanol–water partition coefficient (Wildman–Crippen LogP) is 4.69. The molecule has 1 aromatic carbocycles. The van der Waals surface area contributed by atoms with Gasteiger partial charge in [0.2, 0.25) is 0 Å². The normalized spacial score (nSPS) is 28.6. The first-order chi connectivity index (χ1) is 11.0. The maximum absolute atomic E-state index is 12.6. The Morgan fingerprint density at radius 2 is 1.91 bits per heavy atom. The van der Waals surface area contributed by atoms with Crippen molar-refractivity contribution in [1.82, 2.24) is 0 Å². The molecular formula is C21H22O2. The van der Waals surface area contributed by atoms with E-state index in [-0.39, 0.29) is 23.2 Å². The Kier molecular flexibility index (Phi) is 3.29. The van der Waals surface area contributed by atoms with E-state index in [1.165, 1.54) is 11.1 Å². The molecule has 0 amide bonds. The number of rotatable bonds is 1. The molecule has 0 N–H and O–H groups in total. The van der Waals surface area contributed by atoms with Gasteiger partial charge in [-0.25, -0.2) is 0 Å². The molecule has 2 heteroatoms. The summed E-state index contributed by atoms with van der Waals surface area (Å²) in [5, 5.41) is 0. The lowest BCUT2D eigenvalue weighted by atomic mass is 9.71. The Labute approximate surface area is 137 Å². The molecule has 0 aromatic heterocycles. The van der Waals surface area contributed by atoms with E-state index in [4.69, 9.17) is 4.74 Å². The Balaban J connectivity index is 1.74. The van der Waals surface area contributed by atoms with Gasteiger partial charge in [0, 0.05) is 24.3 Å². The molecule has 0 saturated heterocycles. The Bertz CT molecular complexity index is 734. The molecule has 0 spiro atoms. The maximum atomic E-state index is 12.6. The third kappa shape index (κ3) is 2.56. The van der Waals surface area contributed by atoms with Gasteiger partial charge in [-0.2, -0.15) is 0 Å². The molecule has 0 saturated carbocycles. The van der Waals surface area contributed by atoms with Crippen molar-refractivity contribution in [3.05, 3.63) is 65.5 Å². The lowest BCUT2D eigenvalue weighted by Gasteiger charge is -2.40. The molecule has 2 nitrogen and oxygen atoms in total. The van der Waals surface area contributed by atoms with Crippen molar-refractivity contribution in [3.63, 3.8) is 0 Å². The number of fused-ring (bicyclic) bond motifs is 3. The van der Waals surface area contributed by atoms with Crippen molar-refractivity contribution in [2.75, 3.05) is 0 Å². The molecule has 3 aliphatic rings. The summed E-state index contributed by atoms with van der Waals surface area (Å²) in [6.07, 6.45) is 8.81. The molecule has 118 valence electrons. The van der Waals surface area contributed by atoms with Crippen LogP contribution in [0.3, 0.4) is 0 Å². The molecule has 2 aliphatic carbocycles. The number of carbonyl (C=O) groups is 1. The lowest BCUT2D eigenvalue weighted by Crippen LogP contribution is -2.35. The van der Waals surface area contributed by atoms with E-state index in [2.05, 4.69) is 56.3 Å². The zero-order valence-corrected chi connectivity index (χ0v) is 13.7. The van der Waals surface area contributed by atoms with Gasteiger partial charge in [0.05, 0.1) is 0 Å². The monoisotopic (exact) mass is 306 g/mol. The highest BCUT2D eigenvalue weighted by atomic mass is 16.5. The Morgan fingerprint density at radius 1 is 1.13 bits per heavy atom.